The normalized spacial score (nSPS) is 11.9. The summed E-state index contributed by atoms with van der Waals surface area (Å²) < 4.78 is 6.61. The largest absolute Gasteiger partial charge is 0.468 e. The van der Waals surface area contributed by atoms with Gasteiger partial charge in [-0.3, -0.25) is 25.0 Å². The third kappa shape index (κ3) is 10.2. The van der Waals surface area contributed by atoms with Crippen molar-refractivity contribution >= 4 is 79.6 Å². The summed E-state index contributed by atoms with van der Waals surface area (Å²) in [5.41, 5.74) is 4.94. The van der Waals surface area contributed by atoms with Gasteiger partial charge in [0, 0.05) is 28.4 Å². The van der Waals surface area contributed by atoms with E-state index < -0.39 is 4.83 Å². The molecule has 1 aliphatic carbocycles. The smallest absolute Gasteiger partial charge is 0.373 e. The molecular weight excluding hydrogens is 741 g/mol. The molecule has 49 heavy (non-hydrogen) atoms. The molecule has 1 heterocycles. The molecule has 4 aromatic carbocycles. The van der Waals surface area contributed by atoms with Crippen molar-refractivity contribution in [2.45, 2.75) is 24.2 Å². The van der Waals surface area contributed by atoms with Crippen LogP contribution in [-0.4, -0.2) is 33.6 Å². The SMILES string of the molecule is CC(c1ccc(Cl)cc1)n1ccc2c([N+](=O)[O-])cccc21.COC(=O)C(Br)c1ccc(Cl)cc1.O=C=O.O=[N+]([O-])c1cccc2c1C=CC2. The number of carbonyl (C=O) groups is 1. The van der Waals surface area contributed by atoms with E-state index in [-0.39, 0.29) is 39.4 Å². The van der Waals surface area contributed by atoms with E-state index in [4.69, 9.17) is 32.8 Å². The van der Waals surface area contributed by atoms with Gasteiger partial charge in [-0.1, -0.05) is 93.7 Å². The third-order valence-electron chi connectivity index (χ3n) is 7.27. The van der Waals surface area contributed by atoms with Crippen LogP contribution >= 0.6 is 39.1 Å². The first-order valence-electron chi connectivity index (χ1n) is 14.3. The van der Waals surface area contributed by atoms with Crippen LogP contribution in [0.4, 0.5) is 11.4 Å². The molecule has 14 heteroatoms. The van der Waals surface area contributed by atoms with E-state index in [1.54, 1.807) is 42.5 Å². The van der Waals surface area contributed by atoms with Crippen LogP contribution < -0.4 is 0 Å². The highest BCUT2D eigenvalue weighted by Crippen LogP contribution is 2.31. The van der Waals surface area contributed by atoms with E-state index in [0.717, 1.165) is 34.2 Å². The number of allylic oxidation sites excluding steroid dienone is 1. The molecule has 0 saturated carbocycles. The fourth-order valence-corrected chi connectivity index (χ4v) is 5.62. The van der Waals surface area contributed by atoms with E-state index in [0.29, 0.717) is 15.4 Å². The lowest BCUT2D eigenvalue weighted by Crippen LogP contribution is -2.07. The van der Waals surface area contributed by atoms with Crippen LogP contribution in [0.15, 0.2) is 103 Å². The van der Waals surface area contributed by atoms with Crippen LogP contribution in [0.2, 0.25) is 10.0 Å². The second-order valence-electron chi connectivity index (χ2n) is 10.2. The highest BCUT2D eigenvalue weighted by atomic mass is 79.9. The zero-order valence-corrected chi connectivity index (χ0v) is 29.1. The number of benzene rings is 4. The number of fused-ring (bicyclic) bond motifs is 2. The number of nitro groups is 2. The quantitative estimate of drug-likeness (QED) is 0.0717. The van der Waals surface area contributed by atoms with Gasteiger partial charge in [0.1, 0.15) is 4.83 Å². The molecule has 0 N–H and O–H groups in total. The van der Waals surface area contributed by atoms with E-state index in [1.165, 1.54) is 19.2 Å². The zero-order chi connectivity index (χ0) is 36.1. The predicted molar refractivity (Wildman–Crippen MR) is 190 cm³/mol. The molecule has 11 nitrogen and oxygen atoms in total. The number of hydrogen-bond donors (Lipinski definition) is 0. The maximum atomic E-state index is 11.1. The Labute approximate surface area is 299 Å². The minimum absolute atomic E-state index is 0.0711. The minimum atomic E-state index is -0.422. The molecular formula is C35H28BrCl2N3O8. The van der Waals surface area contributed by atoms with Crippen LogP contribution in [0.3, 0.4) is 0 Å². The number of methoxy groups -OCH3 is 1. The number of nitrogens with zero attached hydrogens (tertiary/aromatic N) is 3. The molecule has 2 atom stereocenters. The number of hydrogen-bond acceptors (Lipinski definition) is 8. The van der Waals surface area contributed by atoms with E-state index in [9.17, 15) is 25.0 Å². The Morgan fingerprint density at radius 2 is 1.39 bits per heavy atom. The number of aromatic nitrogens is 1. The second kappa shape index (κ2) is 18.4. The number of ether oxygens (including phenoxy) is 1. The summed E-state index contributed by atoms with van der Waals surface area (Å²) in [6.45, 7) is 2.06. The van der Waals surface area contributed by atoms with E-state index in [2.05, 4.69) is 27.6 Å². The predicted octanol–water partition coefficient (Wildman–Crippen LogP) is 9.34. The van der Waals surface area contributed by atoms with Gasteiger partial charge in [0.05, 0.1) is 39.5 Å². The first kappa shape index (κ1) is 38.3. The number of halogens is 3. The van der Waals surface area contributed by atoms with Gasteiger partial charge in [-0.2, -0.15) is 9.59 Å². The van der Waals surface area contributed by atoms with Crippen molar-refractivity contribution in [1.29, 1.82) is 0 Å². The van der Waals surface area contributed by atoms with Gasteiger partial charge in [0.2, 0.25) is 0 Å². The molecule has 1 aliphatic rings. The van der Waals surface area contributed by atoms with Gasteiger partial charge >= 0.3 is 12.1 Å². The van der Waals surface area contributed by atoms with Crippen molar-refractivity contribution in [1.82, 2.24) is 4.57 Å². The topological polar surface area (TPSA) is 152 Å². The van der Waals surface area contributed by atoms with Gasteiger partial charge in [0.25, 0.3) is 11.4 Å². The van der Waals surface area contributed by atoms with Crippen molar-refractivity contribution in [3.63, 3.8) is 0 Å². The van der Waals surface area contributed by atoms with Crippen LogP contribution in [-0.2, 0) is 25.5 Å². The third-order valence-corrected chi connectivity index (χ3v) is 8.68. The monoisotopic (exact) mass is 767 g/mol. The molecule has 0 saturated heterocycles. The molecule has 252 valence electrons. The van der Waals surface area contributed by atoms with Crippen LogP contribution in [0.1, 0.15) is 40.0 Å². The van der Waals surface area contributed by atoms with Gasteiger partial charge < -0.3 is 9.30 Å². The molecule has 2 unspecified atom stereocenters. The Balaban J connectivity index is 0.000000201. The second-order valence-corrected chi connectivity index (χ2v) is 11.9. The Morgan fingerprint density at radius 1 is 0.857 bits per heavy atom. The first-order valence-corrected chi connectivity index (χ1v) is 16.0. The number of non-ortho nitro benzene ring substituents is 1. The van der Waals surface area contributed by atoms with Gasteiger partial charge in [-0.25, -0.2) is 0 Å². The van der Waals surface area contributed by atoms with Crippen molar-refractivity contribution in [3.8, 4) is 0 Å². The minimum Gasteiger partial charge on any atom is -0.468 e. The lowest BCUT2D eigenvalue weighted by Gasteiger charge is -2.16. The molecule has 5 aromatic rings. The molecule has 0 radical (unpaired) electrons. The molecule has 1 aromatic heterocycles. The number of esters is 1. The van der Waals surface area contributed by atoms with Crippen molar-refractivity contribution in [2.75, 3.05) is 7.11 Å². The molecule has 0 fully saturated rings. The van der Waals surface area contributed by atoms with Crippen molar-refractivity contribution in [2.24, 2.45) is 0 Å². The zero-order valence-electron chi connectivity index (χ0n) is 26.0. The van der Waals surface area contributed by atoms with Gasteiger partial charge in [0.15, 0.2) is 0 Å². The van der Waals surface area contributed by atoms with Crippen LogP contribution in [0.5, 0.6) is 0 Å². The lowest BCUT2D eigenvalue weighted by molar-refractivity contribution is -0.385. The van der Waals surface area contributed by atoms with E-state index >= 15 is 0 Å². The fourth-order valence-electron chi connectivity index (χ4n) is 4.88. The Hall–Kier alpha value is -5.13. The molecule has 0 spiro atoms. The number of alkyl halides is 1. The fraction of sp³-hybridized carbons (Fsp3) is 0.143. The molecule has 6 rings (SSSR count). The summed E-state index contributed by atoms with van der Waals surface area (Å²) in [6.07, 6.45) is 6.71. The number of nitro benzene ring substituents is 2. The molecule has 0 aliphatic heterocycles. The lowest BCUT2D eigenvalue weighted by atomic mass is 10.1. The molecule has 0 bridgehead atoms. The highest BCUT2D eigenvalue weighted by molar-refractivity contribution is 9.09. The summed E-state index contributed by atoms with van der Waals surface area (Å²) in [5.74, 6) is -0.317. The van der Waals surface area contributed by atoms with Gasteiger partial charge in [-0.05, 0) is 66.4 Å². The van der Waals surface area contributed by atoms with Crippen molar-refractivity contribution < 1.29 is 29.0 Å². The van der Waals surface area contributed by atoms with Crippen LogP contribution in [0, 0.1) is 20.2 Å². The highest BCUT2D eigenvalue weighted by Gasteiger charge is 2.19. The maximum absolute atomic E-state index is 11.1. The molecule has 0 amide bonds. The summed E-state index contributed by atoms with van der Waals surface area (Å²) in [4.78, 5) is 47.9. The summed E-state index contributed by atoms with van der Waals surface area (Å²) in [6, 6.07) is 26.8. The number of carbonyl (C=O) groups excluding carboxylic acids is 3. The first-order chi connectivity index (χ1) is 23.4. The summed E-state index contributed by atoms with van der Waals surface area (Å²) in [5, 5.41) is 23.6. The van der Waals surface area contributed by atoms with Crippen LogP contribution in [0.25, 0.3) is 17.0 Å². The average molecular weight is 769 g/mol. The average Bonchev–Trinajstić information content (AvgIpc) is 3.76. The summed E-state index contributed by atoms with van der Waals surface area (Å²) in [7, 11) is 1.35. The Bertz CT molecular complexity index is 1990. The Morgan fingerprint density at radius 3 is 1.94 bits per heavy atom. The maximum Gasteiger partial charge on any atom is 0.373 e. The Kier molecular flexibility index (Phi) is 14.4. The summed E-state index contributed by atoms with van der Waals surface area (Å²) >= 11 is 14.8. The van der Waals surface area contributed by atoms with Crippen molar-refractivity contribution in [3.05, 3.63) is 156 Å². The number of rotatable bonds is 6. The van der Waals surface area contributed by atoms with E-state index in [1.807, 2.05) is 59.3 Å². The standard InChI is InChI=1S/C16H13ClN2O2.C9H8BrClO2.C9H7NO2.CO2/c1-11(12-5-7-13(17)8-6-12)18-10-9-14-15(18)3-2-4-16(14)19(20)21;1-13-9(12)8(10)6-2-4-7(11)5-3-6;11-10(12)9-6-2-4-7-3-1-5-8(7)9;2-1-3/h2-11H,1H3;2-5,8H,1H3;1-2,4-6H,3H2;. The van der Waals surface area contributed by atoms with Gasteiger partial charge in [-0.15, -0.1) is 0 Å².